The van der Waals surface area contributed by atoms with Crippen LogP contribution in [0, 0.1) is 0 Å². The van der Waals surface area contributed by atoms with E-state index in [0.717, 1.165) is 30.6 Å². The van der Waals surface area contributed by atoms with Crippen molar-refractivity contribution < 1.29 is 0 Å². The monoisotopic (exact) mass is 357 g/mol. The van der Waals surface area contributed by atoms with Gasteiger partial charge in [-0.05, 0) is 25.0 Å². The molecule has 3 fully saturated rings. The van der Waals surface area contributed by atoms with Crippen LogP contribution >= 0.6 is 0 Å². The van der Waals surface area contributed by atoms with Crippen molar-refractivity contribution in [1.29, 1.82) is 0 Å². The van der Waals surface area contributed by atoms with Gasteiger partial charge < -0.3 is 4.90 Å². The number of hydrogen-bond donors (Lipinski definition) is 0. The van der Waals surface area contributed by atoms with Gasteiger partial charge in [0, 0.05) is 56.8 Å². The second kappa shape index (κ2) is 7.43. The molecule has 5 nitrogen and oxygen atoms in total. The second-order valence-electron chi connectivity index (χ2n) is 9.45. The molecule has 1 saturated carbocycles. The molecule has 3 heterocycles. The molecule has 2 aliphatic heterocycles. The molecule has 26 heavy (non-hydrogen) atoms. The van der Waals surface area contributed by atoms with E-state index >= 15 is 0 Å². The van der Waals surface area contributed by atoms with Gasteiger partial charge in [-0.2, -0.15) is 5.10 Å². The maximum atomic E-state index is 4.47. The summed E-state index contributed by atoms with van der Waals surface area (Å²) in [5.74, 6) is 1.04. The molecule has 0 aromatic carbocycles. The van der Waals surface area contributed by atoms with Crippen molar-refractivity contribution in [2.75, 3.05) is 44.2 Å². The molecule has 1 aromatic heterocycles. The molecule has 144 valence electrons. The Labute approximate surface area is 158 Å². The molecular formula is C21H35N5. The lowest BCUT2D eigenvalue weighted by Gasteiger charge is -2.49. The lowest BCUT2D eigenvalue weighted by atomic mass is 9.92. The number of aromatic nitrogens is 2. The molecule has 0 N–H and O–H groups in total. The summed E-state index contributed by atoms with van der Waals surface area (Å²) in [5.41, 5.74) is 1.14. The summed E-state index contributed by atoms with van der Waals surface area (Å²) in [6, 6.07) is 5.86. The van der Waals surface area contributed by atoms with E-state index in [1.165, 1.54) is 58.3 Å². The van der Waals surface area contributed by atoms with Gasteiger partial charge in [0.25, 0.3) is 0 Å². The molecular weight excluding hydrogens is 322 g/mol. The summed E-state index contributed by atoms with van der Waals surface area (Å²) >= 11 is 0. The molecule has 0 atom stereocenters. The van der Waals surface area contributed by atoms with Gasteiger partial charge in [-0.3, -0.25) is 9.80 Å². The lowest BCUT2D eigenvalue weighted by molar-refractivity contribution is 0.0486. The van der Waals surface area contributed by atoms with Gasteiger partial charge in [0.05, 0.1) is 5.69 Å². The van der Waals surface area contributed by atoms with Crippen molar-refractivity contribution in [2.24, 2.45) is 0 Å². The van der Waals surface area contributed by atoms with Gasteiger partial charge in [-0.25, -0.2) is 0 Å². The first kappa shape index (κ1) is 18.2. The van der Waals surface area contributed by atoms with Gasteiger partial charge in [0.15, 0.2) is 5.82 Å². The van der Waals surface area contributed by atoms with Crippen molar-refractivity contribution in [3.05, 3.63) is 17.8 Å². The van der Waals surface area contributed by atoms with Crippen molar-refractivity contribution >= 4 is 5.82 Å². The fraction of sp³-hybridized carbons (Fsp3) is 0.810. The summed E-state index contributed by atoms with van der Waals surface area (Å²) < 4.78 is 0. The van der Waals surface area contributed by atoms with Crippen LogP contribution in [0.3, 0.4) is 0 Å². The second-order valence-corrected chi connectivity index (χ2v) is 9.45. The minimum absolute atomic E-state index is 0.0705. The largest absolute Gasteiger partial charge is 0.352 e. The van der Waals surface area contributed by atoms with Gasteiger partial charge in [0.2, 0.25) is 0 Å². The summed E-state index contributed by atoms with van der Waals surface area (Å²) in [6.07, 6.45) is 7.20. The van der Waals surface area contributed by atoms with Crippen LogP contribution < -0.4 is 4.90 Å². The Balaban J connectivity index is 1.24. The van der Waals surface area contributed by atoms with E-state index in [1.807, 2.05) is 0 Å². The maximum absolute atomic E-state index is 4.47. The SMILES string of the molecule is CC(C)(C)c1ccc(N2CC(N3CCN(C4CCCCC4)CC3)C2)nn1. The lowest BCUT2D eigenvalue weighted by Crippen LogP contribution is -2.64. The summed E-state index contributed by atoms with van der Waals surface area (Å²) in [6.45, 7) is 13.8. The minimum atomic E-state index is 0.0705. The van der Waals surface area contributed by atoms with Crippen LogP contribution in [-0.2, 0) is 5.41 Å². The highest BCUT2D eigenvalue weighted by molar-refractivity contribution is 5.42. The third-order valence-electron chi connectivity index (χ3n) is 6.56. The molecule has 1 aliphatic carbocycles. The Morgan fingerprint density at radius 2 is 1.42 bits per heavy atom. The van der Waals surface area contributed by atoms with Crippen LogP contribution in [0.2, 0.25) is 0 Å². The standard InChI is InChI=1S/C21H35N5/c1-21(2,3)19-9-10-20(23-22-19)26-15-18(16-26)25-13-11-24(12-14-25)17-7-5-4-6-8-17/h9-10,17-18H,4-8,11-16H2,1-3H3. The van der Waals surface area contributed by atoms with Crippen LogP contribution in [0.15, 0.2) is 12.1 Å². The number of hydrogen-bond acceptors (Lipinski definition) is 5. The van der Waals surface area contributed by atoms with E-state index < -0.39 is 0 Å². The Kier molecular flexibility index (Phi) is 5.20. The number of piperazine rings is 1. The van der Waals surface area contributed by atoms with E-state index in [2.05, 4.69) is 57.8 Å². The highest BCUT2D eigenvalue weighted by atomic mass is 15.4. The fourth-order valence-electron chi connectivity index (χ4n) is 4.68. The van der Waals surface area contributed by atoms with Crippen LogP contribution in [0.25, 0.3) is 0 Å². The average molecular weight is 358 g/mol. The Morgan fingerprint density at radius 3 is 1.96 bits per heavy atom. The van der Waals surface area contributed by atoms with Crippen LogP contribution in [0.5, 0.6) is 0 Å². The Hall–Kier alpha value is -1.20. The van der Waals surface area contributed by atoms with Crippen LogP contribution in [0.1, 0.15) is 58.6 Å². The van der Waals surface area contributed by atoms with Crippen LogP contribution in [0.4, 0.5) is 5.82 Å². The van der Waals surface area contributed by atoms with Gasteiger partial charge in [-0.15, -0.1) is 5.10 Å². The smallest absolute Gasteiger partial charge is 0.151 e. The van der Waals surface area contributed by atoms with E-state index in [9.17, 15) is 0 Å². The molecule has 5 heteroatoms. The van der Waals surface area contributed by atoms with Gasteiger partial charge >= 0.3 is 0 Å². The summed E-state index contributed by atoms with van der Waals surface area (Å²) in [4.78, 5) is 7.84. The Morgan fingerprint density at radius 1 is 0.808 bits per heavy atom. The van der Waals surface area contributed by atoms with Gasteiger partial charge in [0.1, 0.15) is 0 Å². The van der Waals surface area contributed by atoms with E-state index in [4.69, 9.17) is 0 Å². The van der Waals surface area contributed by atoms with Crippen LogP contribution in [-0.4, -0.2) is 71.3 Å². The van der Waals surface area contributed by atoms with E-state index in [1.54, 1.807) is 0 Å². The molecule has 0 bridgehead atoms. The zero-order chi connectivity index (χ0) is 18.1. The maximum Gasteiger partial charge on any atom is 0.151 e. The zero-order valence-electron chi connectivity index (χ0n) is 16.8. The molecule has 2 saturated heterocycles. The fourth-order valence-corrected chi connectivity index (χ4v) is 4.68. The number of rotatable bonds is 3. The quantitative estimate of drug-likeness (QED) is 0.831. The molecule has 0 spiro atoms. The topological polar surface area (TPSA) is 35.5 Å². The van der Waals surface area contributed by atoms with Crippen molar-refractivity contribution in [3.63, 3.8) is 0 Å². The molecule has 0 unspecified atom stereocenters. The molecule has 0 amide bonds. The molecule has 0 radical (unpaired) electrons. The predicted molar refractivity (Wildman–Crippen MR) is 107 cm³/mol. The van der Waals surface area contributed by atoms with E-state index in [0.29, 0.717) is 6.04 Å². The summed E-state index contributed by atoms with van der Waals surface area (Å²) in [7, 11) is 0. The number of nitrogens with zero attached hydrogens (tertiary/aromatic N) is 5. The zero-order valence-corrected chi connectivity index (χ0v) is 16.8. The average Bonchev–Trinajstić information content (AvgIpc) is 2.62. The highest BCUT2D eigenvalue weighted by Gasteiger charge is 2.35. The first-order chi connectivity index (χ1) is 12.5. The van der Waals surface area contributed by atoms with Gasteiger partial charge in [-0.1, -0.05) is 40.0 Å². The summed E-state index contributed by atoms with van der Waals surface area (Å²) in [5, 5.41) is 8.91. The Bertz CT molecular complexity index is 573. The molecule has 4 rings (SSSR count). The highest BCUT2D eigenvalue weighted by Crippen LogP contribution is 2.27. The van der Waals surface area contributed by atoms with E-state index in [-0.39, 0.29) is 5.41 Å². The third-order valence-corrected chi connectivity index (χ3v) is 6.56. The predicted octanol–water partition coefficient (Wildman–Crippen LogP) is 2.91. The first-order valence-electron chi connectivity index (χ1n) is 10.6. The molecule has 3 aliphatic rings. The van der Waals surface area contributed by atoms with Crippen molar-refractivity contribution in [3.8, 4) is 0 Å². The van der Waals surface area contributed by atoms with Crippen molar-refractivity contribution in [1.82, 2.24) is 20.0 Å². The third kappa shape index (κ3) is 3.89. The number of anilines is 1. The normalized spacial score (nSPS) is 24.7. The minimum Gasteiger partial charge on any atom is -0.352 e. The van der Waals surface area contributed by atoms with Crippen molar-refractivity contribution in [2.45, 2.75) is 70.4 Å². The first-order valence-corrected chi connectivity index (χ1v) is 10.6. The molecule has 1 aromatic rings.